The van der Waals surface area contributed by atoms with Crippen molar-refractivity contribution in [2.75, 3.05) is 14.1 Å². The van der Waals surface area contributed by atoms with Crippen LogP contribution in [0.1, 0.15) is 57.4 Å². The Morgan fingerprint density at radius 2 is 0.849 bits per heavy atom. The predicted molar refractivity (Wildman–Crippen MR) is 207 cm³/mol. The van der Waals surface area contributed by atoms with E-state index in [1.54, 1.807) is 41.8 Å². The van der Waals surface area contributed by atoms with Crippen molar-refractivity contribution in [2.24, 2.45) is 0 Å². The summed E-state index contributed by atoms with van der Waals surface area (Å²) in [7, 11) is 3.10. The van der Waals surface area contributed by atoms with E-state index in [9.17, 15) is 19.8 Å². The number of aliphatic hydroxyl groups excluding tert-OH is 2. The third-order valence-corrected chi connectivity index (χ3v) is 9.22. The topological polar surface area (TPSA) is 130 Å². The normalized spacial score (nSPS) is 16.2. The fraction of sp³-hybridized carbons (Fsp3) is 0.268. The fourth-order valence-corrected chi connectivity index (χ4v) is 6.14. The molecule has 6 rings (SSSR count). The minimum atomic E-state index is -0.972. The van der Waals surface area contributed by atoms with E-state index in [4.69, 9.17) is 32.9 Å². The van der Waals surface area contributed by atoms with Crippen molar-refractivity contribution in [2.45, 2.75) is 60.2 Å². The third kappa shape index (κ3) is 9.54. The number of benzene rings is 4. The minimum Gasteiger partial charge on any atom is -0.870 e. The van der Waals surface area contributed by atoms with Gasteiger partial charge < -0.3 is 15.7 Å². The van der Waals surface area contributed by atoms with Crippen LogP contribution in [0.25, 0.3) is 33.4 Å². The van der Waals surface area contributed by atoms with Crippen LogP contribution < -0.4 is 29.6 Å². The van der Waals surface area contributed by atoms with Gasteiger partial charge in [-0.15, -0.1) is 0 Å². The molecule has 0 unspecified atom stereocenters. The zero-order chi connectivity index (χ0) is 36.7. The van der Waals surface area contributed by atoms with Crippen molar-refractivity contribution in [1.29, 1.82) is 0 Å². The molecule has 0 fully saturated rings. The Kier molecular flexibility index (Phi) is 15.2. The number of likely N-dealkylation sites (N-methyl/N-ethyl adjacent to an activating group) is 2. The Balaban J connectivity index is 0.000000347. The summed E-state index contributed by atoms with van der Waals surface area (Å²) in [6.07, 6.45) is 0. The van der Waals surface area contributed by atoms with E-state index in [2.05, 4.69) is 0 Å². The quantitative estimate of drug-likeness (QED) is 0.214. The number of aliphatic hydroxyl groups is 2. The summed E-state index contributed by atoms with van der Waals surface area (Å²) in [5.41, 5.74) is 5.64. The number of carbonyl (C=O) groups excluding carboxylic acids is 2. The van der Waals surface area contributed by atoms with E-state index in [-0.39, 0.29) is 76.9 Å². The Bertz CT molecular complexity index is 1900. The van der Waals surface area contributed by atoms with E-state index < -0.39 is 11.2 Å². The summed E-state index contributed by atoms with van der Waals surface area (Å²) >= 11 is 11.9. The number of hydrogen-bond acceptors (Lipinski definition) is 7. The number of hydrogen-bond donors (Lipinski definition) is 2. The molecule has 0 aliphatic carbocycles. The molecule has 0 atom stereocenters. The molecular weight excluding hydrogens is 726 g/mol. The van der Waals surface area contributed by atoms with Gasteiger partial charge >= 0.3 is 29.6 Å². The van der Waals surface area contributed by atoms with E-state index >= 15 is 0 Å². The van der Waals surface area contributed by atoms with Gasteiger partial charge in [-0.2, -0.15) is 0 Å². The summed E-state index contributed by atoms with van der Waals surface area (Å²) in [4.78, 5) is 36.2. The average molecular weight is 772 g/mol. The minimum absolute atomic E-state index is 0. The van der Waals surface area contributed by atoms with Gasteiger partial charge in [-0.25, -0.2) is 10.1 Å². The van der Waals surface area contributed by atoms with Crippen molar-refractivity contribution in [1.82, 2.24) is 10.1 Å². The summed E-state index contributed by atoms with van der Waals surface area (Å²) in [5.74, 6) is -0.861. The average Bonchev–Trinajstić information content (AvgIpc) is 3.06. The van der Waals surface area contributed by atoms with Crippen molar-refractivity contribution >= 4 is 46.2 Å². The molecule has 0 saturated heterocycles. The molecular formula is C41H45Cl2N2NaO7. The number of amides is 2. The Morgan fingerprint density at radius 1 is 0.566 bits per heavy atom. The number of halogens is 2. The van der Waals surface area contributed by atoms with Crippen LogP contribution >= 0.6 is 23.2 Å². The van der Waals surface area contributed by atoms with Crippen molar-refractivity contribution < 1.29 is 64.5 Å². The molecule has 12 heteroatoms. The van der Waals surface area contributed by atoms with E-state index in [1.165, 1.54) is 10.1 Å². The number of hydroxylamine groups is 4. The van der Waals surface area contributed by atoms with Crippen LogP contribution in [0.4, 0.5) is 0 Å². The first kappa shape index (κ1) is 45.5. The molecule has 4 aromatic carbocycles. The Morgan fingerprint density at radius 3 is 1.15 bits per heavy atom. The maximum Gasteiger partial charge on any atom is 1.00 e. The molecule has 0 bridgehead atoms. The van der Waals surface area contributed by atoms with Crippen LogP contribution in [0.2, 0.25) is 10.0 Å². The monoisotopic (exact) mass is 770 g/mol. The van der Waals surface area contributed by atoms with E-state index in [1.807, 2.05) is 98.8 Å². The van der Waals surface area contributed by atoms with E-state index in [0.717, 1.165) is 33.4 Å². The molecule has 276 valence electrons. The summed E-state index contributed by atoms with van der Waals surface area (Å²) in [5, 5.41) is 25.0. The standard InChI is InChI=1S/2C20H20ClNO3.CH4.Na.H2O/c2*1-12-5-6-14(13-7-9-15(21)10-8-13)11-16(12)17-18(23)20(2,3)25-22(4)19(17)24;;;/h2*5-11,23H,1-4H3;1H4;;1H2/q;;;+1;/p-1. The SMILES string of the molecule is C.Cc1ccc(-c2ccc(Cl)cc2)cc1C1=C(O)C(C)(C)ON(C)C1=O.Cc1ccc(-c2ccc(Cl)cc2)cc1C1=C(O)C(C)(C)ON(C)C1=O.[Na+].[OH-]. The fourth-order valence-electron chi connectivity index (χ4n) is 5.89. The Labute approximate surface area is 343 Å². The van der Waals surface area contributed by atoms with Crippen LogP contribution in [0.5, 0.6) is 0 Å². The van der Waals surface area contributed by atoms with Gasteiger partial charge in [0.1, 0.15) is 22.7 Å². The summed E-state index contributed by atoms with van der Waals surface area (Å²) in [6.45, 7) is 10.7. The molecule has 53 heavy (non-hydrogen) atoms. The number of aryl methyl sites for hydroxylation is 2. The Hall–Kier alpha value is -3.64. The van der Waals surface area contributed by atoms with Gasteiger partial charge in [0.05, 0.1) is 11.1 Å². The van der Waals surface area contributed by atoms with Gasteiger partial charge in [0.2, 0.25) is 0 Å². The second-order valence-corrected chi connectivity index (χ2v) is 14.2. The molecule has 0 spiro atoms. The second kappa shape index (κ2) is 17.7. The van der Waals surface area contributed by atoms with Crippen LogP contribution in [0.15, 0.2) is 96.4 Å². The molecule has 9 nitrogen and oxygen atoms in total. The zero-order valence-corrected chi connectivity index (χ0v) is 34.2. The molecule has 4 aromatic rings. The van der Waals surface area contributed by atoms with Crippen molar-refractivity contribution in [3.05, 3.63) is 129 Å². The largest absolute Gasteiger partial charge is 1.00 e. The number of nitrogens with zero attached hydrogens (tertiary/aromatic N) is 2. The first-order valence-corrected chi connectivity index (χ1v) is 16.7. The van der Waals surface area contributed by atoms with Gasteiger partial charge in [0, 0.05) is 24.1 Å². The molecule has 0 aromatic heterocycles. The van der Waals surface area contributed by atoms with E-state index in [0.29, 0.717) is 21.2 Å². The van der Waals surface area contributed by atoms with Crippen molar-refractivity contribution in [3.63, 3.8) is 0 Å². The first-order chi connectivity index (χ1) is 23.4. The summed E-state index contributed by atoms with van der Waals surface area (Å²) < 4.78 is 0. The molecule has 0 saturated carbocycles. The molecule has 2 heterocycles. The summed E-state index contributed by atoms with van der Waals surface area (Å²) in [6, 6.07) is 26.7. The molecule has 0 radical (unpaired) electrons. The van der Waals surface area contributed by atoms with Gasteiger partial charge in [-0.3, -0.25) is 19.3 Å². The van der Waals surface area contributed by atoms with Crippen LogP contribution in [0.3, 0.4) is 0 Å². The maximum absolute atomic E-state index is 12.6. The smallest absolute Gasteiger partial charge is 0.870 e. The molecule has 2 amide bonds. The first-order valence-electron chi connectivity index (χ1n) is 16.0. The van der Waals surface area contributed by atoms with Crippen LogP contribution in [-0.2, 0) is 19.3 Å². The van der Waals surface area contributed by atoms with Crippen LogP contribution in [0, 0.1) is 13.8 Å². The predicted octanol–water partition coefficient (Wildman–Crippen LogP) is 7.00. The second-order valence-electron chi connectivity index (χ2n) is 13.3. The maximum atomic E-state index is 12.6. The number of carbonyl (C=O) groups is 2. The van der Waals surface area contributed by atoms with Gasteiger partial charge in [0.15, 0.2) is 0 Å². The van der Waals surface area contributed by atoms with Gasteiger partial charge in [-0.05, 0) is 122 Å². The molecule has 2 aliphatic rings. The number of rotatable bonds is 4. The zero-order valence-electron chi connectivity index (χ0n) is 30.7. The molecule has 3 N–H and O–H groups in total. The molecule has 2 aliphatic heterocycles. The van der Waals surface area contributed by atoms with Crippen molar-refractivity contribution in [3.8, 4) is 22.3 Å². The van der Waals surface area contributed by atoms with Gasteiger partial charge in [-0.1, -0.05) is 79.2 Å². The van der Waals surface area contributed by atoms with Crippen LogP contribution in [-0.4, -0.2) is 62.9 Å². The van der Waals surface area contributed by atoms with Gasteiger partial charge in [0.25, 0.3) is 11.8 Å². The third-order valence-electron chi connectivity index (χ3n) is 8.71.